The molecule has 0 aliphatic heterocycles. The third-order valence-electron chi connectivity index (χ3n) is 7.74. The quantitative estimate of drug-likeness (QED) is 0.231. The van der Waals surface area contributed by atoms with Crippen molar-refractivity contribution >= 4 is 32.8 Å². The van der Waals surface area contributed by atoms with Crippen molar-refractivity contribution in [3.63, 3.8) is 0 Å². The summed E-state index contributed by atoms with van der Waals surface area (Å²) in [5, 5.41) is 2.55. The lowest BCUT2D eigenvalue weighted by Gasteiger charge is -2.12. The maximum Gasteiger partial charge on any atom is 0.145 e. The maximum atomic E-state index is 4.99. The van der Waals surface area contributed by atoms with E-state index in [9.17, 15) is 0 Å². The molecule has 8 rings (SSSR count). The molecule has 0 saturated heterocycles. The van der Waals surface area contributed by atoms with E-state index in [2.05, 4.69) is 149 Å². The van der Waals surface area contributed by atoms with Crippen molar-refractivity contribution in [1.29, 1.82) is 0 Å². The third-order valence-corrected chi connectivity index (χ3v) is 7.74. The highest BCUT2D eigenvalue weighted by Gasteiger charge is 2.15. The zero-order valence-electron chi connectivity index (χ0n) is 21.8. The zero-order valence-corrected chi connectivity index (χ0v) is 21.8. The molecule has 0 atom stereocenters. The minimum absolute atomic E-state index is 0.947. The van der Waals surface area contributed by atoms with Crippen LogP contribution in [0.3, 0.4) is 0 Å². The lowest BCUT2D eigenvalue weighted by atomic mass is 10.0. The third kappa shape index (κ3) is 3.56. The Bertz CT molecular complexity index is 2100. The highest BCUT2D eigenvalue weighted by atomic mass is 15.1. The second kappa shape index (κ2) is 9.11. The first-order valence-corrected chi connectivity index (χ1v) is 13.6. The Morgan fingerprint density at radius 1 is 0.375 bits per heavy atom. The Labute approximate surface area is 232 Å². The van der Waals surface area contributed by atoms with Gasteiger partial charge in [-0.25, -0.2) is 4.98 Å². The SMILES string of the molecule is c1ccc(-c2nc3ccccc3n2-c2ccc(-c3cccc(-n4c5ccccc5c5ccccc54)c3)cc2)cc1. The van der Waals surface area contributed by atoms with E-state index < -0.39 is 0 Å². The molecule has 3 heteroatoms. The van der Waals surface area contributed by atoms with Crippen LogP contribution in [0.4, 0.5) is 0 Å². The van der Waals surface area contributed by atoms with E-state index in [0.29, 0.717) is 0 Å². The van der Waals surface area contributed by atoms with Crippen molar-refractivity contribution in [2.24, 2.45) is 0 Å². The van der Waals surface area contributed by atoms with Gasteiger partial charge in [-0.15, -0.1) is 0 Å². The van der Waals surface area contributed by atoms with Gasteiger partial charge in [0.05, 0.1) is 22.1 Å². The molecule has 0 unspecified atom stereocenters. The summed E-state index contributed by atoms with van der Waals surface area (Å²) in [6, 6.07) is 53.7. The summed E-state index contributed by atoms with van der Waals surface area (Å²) >= 11 is 0. The molecule has 0 fully saturated rings. The number of rotatable bonds is 4. The average Bonchev–Trinajstić information content (AvgIpc) is 3.58. The molecule has 40 heavy (non-hydrogen) atoms. The van der Waals surface area contributed by atoms with Gasteiger partial charge in [-0.2, -0.15) is 0 Å². The number of fused-ring (bicyclic) bond motifs is 4. The van der Waals surface area contributed by atoms with Crippen LogP contribution in [-0.2, 0) is 0 Å². The van der Waals surface area contributed by atoms with Crippen LogP contribution in [0.15, 0.2) is 152 Å². The number of imidazole rings is 1. The smallest absolute Gasteiger partial charge is 0.145 e. The largest absolute Gasteiger partial charge is 0.309 e. The van der Waals surface area contributed by atoms with Gasteiger partial charge in [-0.3, -0.25) is 4.57 Å². The van der Waals surface area contributed by atoms with Gasteiger partial charge in [-0.1, -0.05) is 103 Å². The zero-order chi connectivity index (χ0) is 26.5. The summed E-state index contributed by atoms with van der Waals surface area (Å²) in [5.74, 6) is 0.947. The van der Waals surface area contributed by atoms with Gasteiger partial charge in [0.15, 0.2) is 0 Å². The number of para-hydroxylation sites is 4. The molecular formula is C37H25N3. The van der Waals surface area contributed by atoms with E-state index in [1.165, 1.54) is 32.9 Å². The molecule has 0 N–H and O–H groups in total. The van der Waals surface area contributed by atoms with Crippen molar-refractivity contribution in [3.05, 3.63) is 152 Å². The molecule has 0 bridgehead atoms. The van der Waals surface area contributed by atoms with Gasteiger partial charge >= 0.3 is 0 Å². The van der Waals surface area contributed by atoms with Gasteiger partial charge in [0.2, 0.25) is 0 Å². The molecule has 0 aliphatic rings. The molecular weight excluding hydrogens is 486 g/mol. The number of hydrogen-bond donors (Lipinski definition) is 0. The topological polar surface area (TPSA) is 22.8 Å². The fourth-order valence-electron chi connectivity index (χ4n) is 5.90. The van der Waals surface area contributed by atoms with Gasteiger partial charge < -0.3 is 4.57 Å². The first kappa shape index (κ1) is 22.6. The minimum atomic E-state index is 0.947. The standard InChI is InChI=1S/C37H25N3/c1-2-11-27(12-3-1)37-38-33-17-6-9-20-36(33)40(37)29-23-21-26(22-24-29)28-13-10-14-30(25-28)39-34-18-7-4-15-31(34)32-16-5-8-19-35(32)39/h1-25H. The Morgan fingerprint density at radius 3 is 1.70 bits per heavy atom. The fourth-order valence-corrected chi connectivity index (χ4v) is 5.90. The second-order valence-corrected chi connectivity index (χ2v) is 10.1. The number of benzene rings is 6. The lowest BCUT2D eigenvalue weighted by molar-refractivity contribution is 1.10. The molecule has 8 aromatic rings. The summed E-state index contributed by atoms with van der Waals surface area (Å²) in [6.45, 7) is 0. The average molecular weight is 512 g/mol. The molecule has 6 aromatic carbocycles. The fraction of sp³-hybridized carbons (Fsp3) is 0. The van der Waals surface area contributed by atoms with Gasteiger partial charge in [-0.05, 0) is 59.7 Å². The van der Waals surface area contributed by atoms with E-state index in [4.69, 9.17) is 4.98 Å². The van der Waals surface area contributed by atoms with Gasteiger partial charge in [0.25, 0.3) is 0 Å². The minimum Gasteiger partial charge on any atom is -0.309 e. The Balaban J connectivity index is 1.24. The Morgan fingerprint density at radius 2 is 0.975 bits per heavy atom. The van der Waals surface area contributed by atoms with E-state index in [1.54, 1.807) is 0 Å². The van der Waals surface area contributed by atoms with E-state index in [1.807, 2.05) is 12.1 Å². The summed E-state index contributed by atoms with van der Waals surface area (Å²) in [5.41, 5.74) is 10.2. The van der Waals surface area contributed by atoms with Crippen LogP contribution < -0.4 is 0 Å². The summed E-state index contributed by atoms with van der Waals surface area (Å²) in [6.07, 6.45) is 0. The van der Waals surface area contributed by atoms with Gasteiger partial charge in [0, 0.05) is 27.7 Å². The van der Waals surface area contributed by atoms with Crippen LogP contribution in [-0.4, -0.2) is 14.1 Å². The highest BCUT2D eigenvalue weighted by Crippen LogP contribution is 2.34. The molecule has 2 aromatic heterocycles. The van der Waals surface area contributed by atoms with Crippen LogP contribution in [0.25, 0.3) is 66.7 Å². The van der Waals surface area contributed by atoms with Crippen molar-refractivity contribution in [2.45, 2.75) is 0 Å². The van der Waals surface area contributed by atoms with Crippen LogP contribution >= 0.6 is 0 Å². The molecule has 0 radical (unpaired) electrons. The first-order chi connectivity index (χ1) is 19.8. The molecule has 0 saturated carbocycles. The Hall–Kier alpha value is -5.41. The molecule has 0 aliphatic carbocycles. The summed E-state index contributed by atoms with van der Waals surface area (Å²) in [7, 11) is 0. The second-order valence-electron chi connectivity index (χ2n) is 10.1. The van der Waals surface area contributed by atoms with E-state index in [0.717, 1.165) is 33.8 Å². The number of hydrogen-bond acceptors (Lipinski definition) is 1. The molecule has 2 heterocycles. The van der Waals surface area contributed by atoms with E-state index >= 15 is 0 Å². The lowest BCUT2D eigenvalue weighted by Crippen LogP contribution is -1.97. The van der Waals surface area contributed by atoms with Crippen molar-refractivity contribution in [1.82, 2.24) is 14.1 Å². The summed E-state index contributed by atoms with van der Waals surface area (Å²) < 4.78 is 4.62. The maximum absolute atomic E-state index is 4.99. The normalized spacial score (nSPS) is 11.5. The van der Waals surface area contributed by atoms with Gasteiger partial charge in [0.1, 0.15) is 5.82 Å². The van der Waals surface area contributed by atoms with Crippen LogP contribution in [0, 0.1) is 0 Å². The van der Waals surface area contributed by atoms with Crippen LogP contribution in [0.2, 0.25) is 0 Å². The van der Waals surface area contributed by atoms with Crippen molar-refractivity contribution in [3.8, 4) is 33.9 Å². The number of aromatic nitrogens is 3. The Kier molecular flexibility index (Phi) is 5.14. The number of nitrogens with zero attached hydrogens (tertiary/aromatic N) is 3. The molecule has 188 valence electrons. The predicted molar refractivity (Wildman–Crippen MR) is 166 cm³/mol. The summed E-state index contributed by atoms with van der Waals surface area (Å²) in [4.78, 5) is 4.99. The van der Waals surface area contributed by atoms with E-state index in [-0.39, 0.29) is 0 Å². The molecule has 0 spiro atoms. The van der Waals surface area contributed by atoms with Crippen LogP contribution in [0.1, 0.15) is 0 Å². The van der Waals surface area contributed by atoms with Crippen molar-refractivity contribution in [2.75, 3.05) is 0 Å². The highest BCUT2D eigenvalue weighted by molar-refractivity contribution is 6.09. The van der Waals surface area contributed by atoms with Crippen LogP contribution in [0.5, 0.6) is 0 Å². The molecule has 3 nitrogen and oxygen atoms in total. The predicted octanol–water partition coefficient (Wildman–Crippen LogP) is 9.46. The van der Waals surface area contributed by atoms with Crippen molar-refractivity contribution < 1.29 is 0 Å². The molecule has 0 amide bonds. The first-order valence-electron chi connectivity index (χ1n) is 13.6. The monoisotopic (exact) mass is 511 g/mol.